The summed E-state index contributed by atoms with van der Waals surface area (Å²) in [7, 11) is 0. The fourth-order valence-corrected chi connectivity index (χ4v) is 1.18. The molecule has 0 saturated carbocycles. The van der Waals surface area contributed by atoms with Crippen LogP contribution in [0, 0.1) is 21.4 Å². The highest BCUT2D eigenvalue weighted by Gasteiger charge is 2.22. The number of rotatable bonds is 3. The highest BCUT2D eigenvalue weighted by Crippen LogP contribution is 2.23. The van der Waals surface area contributed by atoms with Gasteiger partial charge in [0.15, 0.2) is 6.29 Å². The fraction of sp³-hybridized carbons (Fsp3) is 0. The summed E-state index contributed by atoms with van der Waals surface area (Å²) in [4.78, 5) is 31.2. The third-order valence-corrected chi connectivity index (χ3v) is 1.85. The number of nitro benzene ring substituents is 1. The zero-order valence-electron chi connectivity index (χ0n) is 7.84. The number of aldehydes is 1. The monoisotopic (exact) mass is 219 g/mol. The third-order valence-electron chi connectivity index (χ3n) is 1.85. The van der Waals surface area contributed by atoms with Gasteiger partial charge < -0.3 is 5.73 Å². The molecule has 0 aliphatic heterocycles. The molecule has 0 bridgehead atoms. The standard InChI is InChI=1S/C9H5N3O4/c10-3-6-1-5(9(11)14)2-7(4-13)8(6)12(15)16/h1-2,4H,(H2,11,14). The van der Waals surface area contributed by atoms with Crippen LogP contribution in [0.15, 0.2) is 12.1 Å². The lowest BCUT2D eigenvalue weighted by molar-refractivity contribution is -0.385. The minimum Gasteiger partial charge on any atom is -0.366 e. The molecular formula is C9H5N3O4. The molecular weight excluding hydrogens is 214 g/mol. The predicted octanol–water partition coefficient (Wildman–Crippen LogP) is 0.378. The Morgan fingerprint density at radius 2 is 2.19 bits per heavy atom. The van der Waals surface area contributed by atoms with Crippen LogP contribution < -0.4 is 5.73 Å². The van der Waals surface area contributed by atoms with E-state index in [-0.39, 0.29) is 23.0 Å². The van der Waals surface area contributed by atoms with Crippen LogP contribution in [0.5, 0.6) is 0 Å². The number of carbonyl (C=O) groups is 2. The molecule has 1 aromatic rings. The van der Waals surface area contributed by atoms with Crippen LogP contribution in [-0.2, 0) is 0 Å². The molecule has 0 fully saturated rings. The van der Waals surface area contributed by atoms with E-state index in [0.717, 1.165) is 12.1 Å². The molecule has 0 aliphatic carbocycles. The number of benzene rings is 1. The number of hydrogen-bond donors (Lipinski definition) is 1. The Bertz CT molecular complexity index is 530. The first-order valence-corrected chi connectivity index (χ1v) is 3.98. The predicted molar refractivity (Wildman–Crippen MR) is 51.7 cm³/mol. The van der Waals surface area contributed by atoms with Crippen LogP contribution in [0.4, 0.5) is 5.69 Å². The molecule has 1 rings (SSSR count). The SMILES string of the molecule is N#Cc1cc(C(N)=O)cc(C=O)c1[N+](=O)[O-]. The second kappa shape index (κ2) is 4.18. The molecule has 7 nitrogen and oxygen atoms in total. The summed E-state index contributed by atoms with van der Waals surface area (Å²) in [5, 5.41) is 19.3. The molecule has 2 N–H and O–H groups in total. The van der Waals surface area contributed by atoms with E-state index in [1.807, 2.05) is 0 Å². The van der Waals surface area contributed by atoms with Gasteiger partial charge in [-0.15, -0.1) is 0 Å². The molecule has 16 heavy (non-hydrogen) atoms. The summed E-state index contributed by atoms with van der Waals surface area (Å²) < 4.78 is 0. The zero-order chi connectivity index (χ0) is 12.3. The number of nitrogens with two attached hydrogens (primary N) is 1. The van der Waals surface area contributed by atoms with Crippen LogP contribution in [0.3, 0.4) is 0 Å². The molecule has 0 aliphatic rings. The van der Waals surface area contributed by atoms with E-state index in [1.165, 1.54) is 6.07 Å². The van der Waals surface area contributed by atoms with Crippen molar-refractivity contribution < 1.29 is 14.5 Å². The molecule has 7 heteroatoms. The lowest BCUT2D eigenvalue weighted by Gasteiger charge is -2.01. The Hall–Kier alpha value is -2.75. The lowest BCUT2D eigenvalue weighted by atomic mass is 10.0. The number of nitriles is 1. The van der Waals surface area contributed by atoms with Crippen molar-refractivity contribution in [3.63, 3.8) is 0 Å². The van der Waals surface area contributed by atoms with Crippen LogP contribution in [0.2, 0.25) is 0 Å². The minimum absolute atomic E-state index is 0.121. The van der Waals surface area contributed by atoms with Crippen molar-refractivity contribution in [3.8, 4) is 6.07 Å². The Balaban J connectivity index is 3.63. The van der Waals surface area contributed by atoms with Crippen molar-refractivity contribution in [2.75, 3.05) is 0 Å². The Kier molecular flexibility index (Phi) is 2.96. The largest absolute Gasteiger partial charge is 0.366 e. The minimum atomic E-state index is -0.866. The number of amides is 1. The number of carbonyl (C=O) groups excluding carboxylic acids is 2. The highest BCUT2D eigenvalue weighted by molar-refractivity contribution is 5.97. The van der Waals surface area contributed by atoms with Crippen molar-refractivity contribution in [1.29, 1.82) is 5.26 Å². The van der Waals surface area contributed by atoms with Gasteiger partial charge in [0.25, 0.3) is 5.69 Å². The van der Waals surface area contributed by atoms with E-state index in [9.17, 15) is 19.7 Å². The van der Waals surface area contributed by atoms with E-state index in [1.54, 1.807) is 0 Å². The van der Waals surface area contributed by atoms with Crippen LogP contribution in [0.25, 0.3) is 0 Å². The average molecular weight is 219 g/mol. The van der Waals surface area contributed by atoms with Crippen molar-refractivity contribution in [3.05, 3.63) is 38.9 Å². The van der Waals surface area contributed by atoms with Crippen LogP contribution in [0.1, 0.15) is 26.3 Å². The summed E-state index contributed by atoms with van der Waals surface area (Å²) in [6.45, 7) is 0. The molecule has 0 aromatic heterocycles. The molecule has 1 aromatic carbocycles. The maximum absolute atomic E-state index is 10.8. The zero-order valence-corrected chi connectivity index (χ0v) is 7.84. The van der Waals surface area contributed by atoms with Gasteiger partial charge in [0, 0.05) is 5.56 Å². The van der Waals surface area contributed by atoms with Crippen LogP contribution >= 0.6 is 0 Å². The smallest absolute Gasteiger partial charge is 0.297 e. The van der Waals surface area contributed by atoms with Crippen molar-refractivity contribution in [2.45, 2.75) is 0 Å². The maximum Gasteiger partial charge on any atom is 0.297 e. The van der Waals surface area contributed by atoms with Gasteiger partial charge in [-0.25, -0.2) is 0 Å². The molecule has 0 atom stereocenters. The average Bonchev–Trinajstić information content (AvgIpc) is 2.26. The third kappa shape index (κ3) is 1.85. The summed E-state index contributed by atoms with van der Waals surface area (Å²) in [6.07, 6.45) is 0.200. The maximum atomic E-state index is 10.8. The second-order valence-electron chi connectivity index (χ2n) is 2.81. The van der Waals surface area contributed by atoms with Crippen molar-refractivity contribution in [2.24, 2.45) is 5.73 Å². The second-order valence-corrected chi connectivity index (χ2v) is 2.81. The van der Waals surface area contributed by atoms with Gasteiger partial charge in [-0.3, -0.25) is 19.7 Å². The number of hydrogen-bond acceptors (Lipinski definition) is 5. The van der Waals surface area contributed by atoms with Crippen molar-refractivity contribution >= 4 is 17.9 Å². The van der Waals surface area contributed by atoms with E-state index in [0.29, 0.717) is 0 Å². The Labute approximate surface area is 89.2 Å². The molecule has 0 radical (unpaired) electrons. The first kappa shape index (κ1) is 11.3. The van der Waals surface area contributed by atoms with Gasteiger partial charge in [0.2, 0.25) is 5.91 Å². The molecule has 1 amide bonds. The summed E-state index contributed by atoms with van der Waals surface area (Å²) in [5.74, 6) is -0.866. The van der Waals surface area contributed by atoms with Gasteiger partial charge in [-0.2, -0.15) is 5.26 Å². The number of nitro groups is 1. The topological polar surface area (TPSA) is 127 Å². The Morgan fingerprint density at radius 1 is 1.56 bits per heavy atom. The summed E-state index contributed by atoms with van der Waals surface area (Å²) in [6, 6.07) is 3.50. The van der Waals surface area contributed by atoms with E-state index < -0.39 is 16.5 Å². The quantitative estimate of drug-likeness (QED) is 0.446. The molecule has 0 heterocycles. The Morgan fingerprint density at radius 3 is 2.56 bits per heavy atom. The van der Waals surface area contributed by atoms with E-state index in [4.69, 9.17) is 11.0 Å². The first-order valence-electron chi connectivity index (χ1n) is 3.98. The lowest BCUT2D eigenvalue weighted by Crippen LogP contribution is -2.12. The van der Waals surface area contributed by atoms with Gasteiger partial charge in [0.1, 0.15) is 11.6 Å². The van der Waals surface area contributed by atoms with Gasteiger partial charge in [-0.1, -0.05) is 0 Å². The molecule has 80 valence electrons. The van der Waals surface area contributed by atoms with Gasteiger partial charge >= 0.3 is 0 Å². The van der Waals surface area contributed by atoms with Crippen LogP contribution in [-0.4, -0.2) is 17.1 Å². The molecule has 0 saturated heterocycles. The molecule has 0 unspecified atom stereocenters. The molecule has 0 spiro atoms. The normalized spacial score (nSPS) is 9.19. The van der Waals surface area contributed by atoms with E-state index in [2.05, 4.69) is 0 Å². The van der Waals surface area contributed by atoms with Gasteiger partial charge in [-0.05, 0) is 12.1 Å². The van der Waals surface area contributed by atoms with Crippen molar-refractivity contribution in [1.82, 2.24) is 0 Å². The first-order chi connectivity index (χ1) is 7.51. The number of primary amides is 1. The van der Waals surface area contributed by atoms with E-state index >= 15 is 0 Å². The van der Waals surface area contributed by atoms with Gasteiger partial charge in [0.05, 0.1) is 10.5 Å². The highest BCUT2D eigenvalue weighted by atomic mass is 16.6. The summed E-state index contributed by atoms with van der Waals surface area (Å²) in [5.41, 5.74) is 3.49. The summed E-state index contributed by atoms with van der Waals surface area (Å²) >= 11 is 0. The number of nitrogens with zero attached hydrogens (tertiary/aromatic N) is 2. The fourth-order valence-electron chi connectivity index (χ4n) is 1.18.